The first-order valence-corrected chi connectivity index (χ1v) is 9.78. The van der Waals surface area contributed by atoms with E-state index in [-0.39, 0.29) is 23.7 Å². The van der Waals surface area contributed by atoms with E-state index < -0.39 is 5.41 Å². The number of hydrogen-bond acceptors (Lipinski definition) is 4. The van der Waals surface area contributed by atoms with Crippen molar-refractivity contribution in [2.75, 3.05) is 26.2 Å². The third kappa shape index (κ3) is 2.64. The van der Waals surface area contributed by atoms with Crippen LogP contribution in [-0.4, -0.2) is 52.3 Å². The third-order valence-electron chi connectivity index (χ3n) is 6.45. The number of amides is 2. The normalized spacial score (nSPS) is 27.1. The lowest BCUT2D eigenvalue weighted by Gasteiger charge is -2.26. The van der Waals surface area contributed by atoms with Crippen molar-refractivity contribution in [3.05, 3.63) is 35.8 Å². The van der Waals surface area contributed by atoms with E-state index in [1.54, 1.807) is 0 Å². The second-order valence-corrected chi connectivity index (χ2v) is 8.29. The van der Waals surface area contributed by atoms with E-state index in [1.807, 2.05) is 40.8 Å². The van der Waals surface area contributed by atoms with Crippen molar-refractivity contribution < 1.29 is 9.59 Å². The van der Waals surface area contributed by atoms with Crippen molar-refractivity contribution in [3.63, 3.8) is 0 Å². The molecule has 2 atom stereocenters. The molecule has 3 aliphatic rings. The summed E-state index contributed by atoms with van der Waals surface area (Å²) in [5.41, 5.74) is 2.49. The Morgan fingerprint density at radius 3 is 3.07 bits per heavy atom. The number of carbonyl (C=O) groups is 2. The summed E-state index contributed by atoms with van der Waals surface area (Å²) in [6.07, 6.45) is 5.80. The van der Waals surface area contributed by atoms with Gasteiger partial charge in [-0.1, -0.05) is 6.07 Å². The maximum atomic E-state index is 13.2. The van der Waals surface area contributed by atoms with E-state index in [1.165, 1.54) is 0 Å². The average molecular weight is 367 g/mol. The van der Waals surface area contributed by atoms with Gasteiger partial charge in [0.05, 0.1) is 23.9 Å². The van der Waals surface area contributed by atoms with Crippen LogP contribution in [0.15, 0.2) is 24.5 Å². The number of rotatable bonds is 4. The van der Waals surface area contributed by atoms with Gasteiger partial charge in [0.15, 0.2) is 0 Å². The van der Waals surface area contributed by atoms with Gasteiger partial charge in [0, 0.05) is 44.2 Å². The van der Waals surface area contributed by atoms with Crippen molar-refractivity contribution in [2.45, 2.75) is 26.3 Å². The van der Waals surface area contributed by atoms with Crippen LogP contribution in [0.2, 0.25) is 0 Å². The lowest BCUT2D eigenvalue weighted by atomic mass is 9.80. The van der Waals surface area contributed by atoms with Gasteiger partial charge >= 0.3 is 0 Å². The maximum Gasteiger partial charge on any atom is 0.230 e. The molecule has 0 bridgehead atoms. The Hall–Kier alpha value is -2.41. The molecule has 3 fully saturated rings. The second kappa shape index (κ2) is 6.05. The molecule has 142 valence electrons. The van der Waals surface area contributed by atoms with Crippen LogP contribution in [0.25, 0.3) is 5.65 Å². The lowest BCUT2D eigenvalue weighted by Crippen LogP contribution is -2.47. The average Bonchev–Trinajstić information content (AvgIpc) is 3.13. The molecule has 1 saturated carbocycles. The summed E-state index contributed by atoms with van der Waals surface area (Å²) in [5, 5.41) is 6.49. The first-order chi connectivity index (χ1) is 13.1. The van der Waals surface area contributed by atoms with Crippen LogP contribution in [0.4, 0.5) is 0 Å². The van der Waals surface area contributed by atoms with Crippen LogP contribution in [0.1, 0.15) is 24.1 Å². The molecule has 0 radical (unpaired) electrons. The third-order valence-corrected chi connectivity index (χ3v) is 6.45. The highest BCUT2D eigenvalue weighted by Gasteiger charge is 2.56. The van der Waals surface area contributed by atoms with Gasteiger partial charge in [-0.2, -0.15) is 0 Å². The number of nitrogens with zero attached hydrogens (tertiary/aromatic N) is 3. The van der Waals surface area contributed by atoms with Crippen molar-refractivity contribution >= 4 is 17.5 Å². The van der Waals surface area contributed by atoms with Crippen LogP contribution >= 0.6 is 0 Å². The number of fused-ring (bicyclic) bond motifs is 2. The Balaban J connectivity index is 1.32. The summed E-state index contributed by atoms with van der Waals surface area (Å²) in [7, 11) is 0. The highest BCUT2D eigenvalue weighted by Crippen LogP contribution is 2.42. The van der Waals surface area contributed by atoms with Crippen molar-refractivity contribution in [2.24, 2.45) is 17.3 Å². The van der Waals surface area contributed by atoms with Gasteiger partial charge in [-0.25, -0.2) is 4.98 Å². The van der Waals surface area contributed by atoms with E-state index in [0.717, 1.165) is 36.3 Å². The lowest BCUT2D eigenvalue weighted by molar-refractivity contribution is -0.134. The number of aryl methyl sites for hydroxylation is 1. The van der Waals surface area contributed by atoms with Gasteiger partial charge in [0.25, 0.3) is 0 Å². The van der Waals surface area contributed by atoms with E-state index in [0.29, 0.717) is 26.2 Å². The SMILES string of the molecule is Cc1cccn2c(CNC(=O)[C@]34CNC[C@H]3CN(C(=O)C3CC3)C4)cnc12. The van der Waals surface area contributed by atoms with Gasteiger partial charge in [0.2, 0.25) is 11.8 Å². The number of pyridine rings is 1. The van der Waals surface area contributed by atoms with Gasteiger partial charge in [-0.3, -0.25) is 9.59 Å². The summed E-state index contributed by atoms with van der Waals surface area (Å²) >= 11 is 0. The van der Waals surface area contributed by atoms with Crippen LogP contribution in [0.5, 0.6) is 0 Å². The van der Waals surface area contributed by atoms with Gasteiger partial charge in [-0.05, 0) is 31.4 Å². The molecule has 2 aromatic heterocycles. The standard InChI is InChI=1S/C20H25N5O2/c1-13-3-2-6-25-16(8-22-17(13)25)9-23-19(27)20-11-21-7-15(20)10-24(12-20)18(26)14-4-5-14/h2-3,6,8,14-15,21H,4-5,7,9-12H2,1H3,(H,23,27)/t15-,20-/m0/s1. The molecule has 2 aliphatic heterocycles. The van der Waals surface area contributed by atoms with E-state index in [2.05, 4.69) is 15.6 Å². The molecule has 27 heavy (non-hydrogen) atoms. The highest BCUT2D eigenvalue weighted by atomic mass is 16.2. The summed E-state index contributed by atoms with van der Waals surface area (Å²) in [4.78, 5) is 32.1. The largest absolute Gasteiger partial charge is 0.350 e. The zero-order chi connectivity index (χ0) is 18.6. The van der Waals surface area contributed by atoms with E-state index >= 15 is 0 Å². The van der Waals surface area contributed by atoms with Crippen LogP contribution < -0.4 is 10.6 Å². The fourth-order valence-corrected chi connectivity index (χ4v) is 4.68. The molecule has 0 spiro atoms. The number of aromatic nitrogens is 2. The van der Waals surface area contributed by atoms with Crippen LogP contribution in [0.3, 0.4) is 0 Å². The minimum absolute atomic E-state index is 0.0474. The van der Waals surface area contributed by atoms with Gasteiger partial charge < -0.3 is 19.9 Å². The van der Waals surface area contributed by atoms with E-state index in [4.69, 9.17) is 0 Å². The van der Waals surface area contributed by atoms with Crippen molar-refractivity contribution in [3.8, 4) is 0 Å². The monoisotopic (exact) mass is 367 g/mol. The predicted octanol–water partition coefficient (Wildman–Crippen LogP) is 0.717. The van der Waals surface area contributed by atoms with E-state index in [9.17, 15) is 9.59 Å². The zero-order valence-electron chi connectivity index (χ0n) is 15.6. The Morgan fingerprint density at radius 1 is 1.41 bits per heavy atom. The molecular formula is C20H25N5O2. The summed E-state index contributed by atoms with van der Waals surface area (Å²) in [6.45, 7) is 5.15. The minimum atomic E-state index is -0.499. The molecule has 7 heteroatoms. The maximum absolute atomic E-state index is 13.2. The summed E-state index contributed by atoms with van der Waals surface area (Å²) in [5.74, 6) is 0.697. The molecule has 2 N–H and O–H groups in total. The number of hydrogen-bond donors (Lipinski definition) is 2. The molecule has 2 saturated heterocycles. The summed E-state index contributed by atoms with van der Waals surface area (Å²) in [6, 6.07) is 4.02. The topological polar surface area (TPSA) is 78.7 Å². The molecule has 5 rings (SSSR count). The first kappa shape index (κ1) is 16.7. The molecule has 1 aliphatic carbocycles. The minimum Gasteiger partial charge on any atom is -0.350 e. The number of imidazole rings is 1. The molecule has 7 nitrogen and oxygen atoms in total. The molecule has 2 aromatic rings. The fourth-order valence-electron chi connectivity index (χ4n) is 4.68. The van der Waals surface area contributed by atoms with Crippen molar-refractivity contribution in [1.82, 2.24) is 24.9 Å². The molecule has 0 unspecified atom stereocenters. The number of likely N-dealkylation sites (tertiary alicyclic amines) is 1. The molecule has 2 amide bonds. The smallest absolute Gasteiger partial charge is 0.230 e. The molecule has 4 heterocycles. The fraction of sp³-hybridized carbons (Fsp3) is 0.550. The Kier molecular flexibility index (Phi) is 3.75. The van der Waals surface area contributed by atoms with Gasteiger partial charge in [-0.15, -0.1) is 0 Å². The Morgan fingerprint density at radius 2 is 2.26 bits per heavy atom. The van der Waals surface area contributed by atoms with Crippen LogP contribution in [-0.2, 0) is 16.1 Å². The predicted molar refractivity (Wildman–Crippen MR) is 99.9 cm³/mol. The molecular weight excluding hydrogens is 342 g/mol. The molecule has 0 aromatic carbocycles. The highest BCUT2D eigenvalue weighted by molar-refractivity contribution is 5.87. The number of nitrogens with one attached hydrogen (secondary N) is 2. The van der Waals surface area contributed by atoms with Crippen LogP contribution in [0, 0.1) is 24.2 Å². The number of carbonyl (C=O) groups excluding carboxylic acids is 2. The van der Waals surface area contributed by atoms with Gasteiger partial charge in [0.1, 0.15) is 5.65 Å². The second-order valence-electron chi connectivity index (χ2n) is 8.29. The quantitative estimate of drug-likeness (QED) is 0.835. The first-order valence-electron chi connectivity index (χ1n) is 9.78. The summed E-state index contributed by atoms with van der Waals surface area (Å²) < 4.78 is 2.02. The Labute approximate surface area is 158 Å². The Bertz CT molecular complexity index is 918. The zero-order valence-corrected chi connectivity index (χ0v) is 15.6. The van der Waals surface area contributed by atoms with Crippen molar-refractivity contribution in [1.29, 1.82) is 0 Å².